The number of rotatable bonds is 7. The fourth-order valence-corrected chi connectivity index (χ4v) is 3.90. The number of guanidine groups is 1. The molecular formula is C17H27IN4S2. The molecule has 0 aliphatic rings. The second kappa shape index (κ2) is 10.4. The summed E-state index contributed by atoms with van der Waals surface area (Å²) in [5.41, 5.74) is 0.0944. The van der Waals surface area contributed by atoms with Crippen molar-refractivity contribution in [2.45, 2.75) is 39.0 Å². The molecule has 0 atom stereocenters. The van der Waals surface area contributed by atoms with Gasteiger partial charge >= 0.3 is 0 Å². The number of hydrogen-bond donors (Lipinski definition) is 2. The summed E-state index contributed by atoms with van der Waals surface area (Å²) in [7, 11) is 1.81. The minimum atomic E-state index is 0. The quantitative estimate of drug-likeness (QED) is 0.359. The molecule has 134 valence electrons. The third kappa shape index (κ3) is 6.33. The number of aliphatic imine (C=N–C) groups is 1. The Morgan fingerprint density at radius 1 is 1.33 bits per heavy atom. The van der Waals surface area contributed by atoms with Crippen LogP contribution in [-0.4, -0.2) is 31.1 Å². The van der Waals surface area contributed by atoms with Crippen molar-refractivity contribution in [1.29, 1.82) is 0 Å². The minimum absolute atomic E-state index is 0. The van der Waals surface area contributed by atoms with E-state index < -0.39 is 0 Å². The molecule has 2 aromatic heterocycles. The maximum atomic E-state index is 4.45. The van der Waals surface area contributed by atoms with Gasteiger partial charge in [-0.1, -0.05) is 26.8 Å². The van der Waals surface area contributed by atoms with E-state index >= 15 is 0 Å². The zero-order valence-electron chi connectivity index (χ0n) is 14.8. The van der Waals surface area contributed by atoms with Crippen molar-refractivity contribution in [2.24, 2.45) is 4.99 Å². The monoisotopic (exact) mass is 478 g/mol. The number of thiophene rings is 1. The van der Waals surface area contributed by atoms with Crippen LogP contribution in [-0.2, 0) is 18.3 Å². The fourth-order valence-electron chi connectivity index (χ4n) is 2.19. The molecule has 0 spiro atoms. The molecule has 0 aliphatic carbocycles. The molecule has 0 saturated carbocycles. The average molecular weight is 478 g/mol. The summed E-state index contributed by atoms with van der Waals surface area (Å²) >= 11 is 3.60. The van der Waals surface area contributed by atoms with Gasteiger partial charge in [0, 0.05) is 47.9 Å². The molecule has 0 aromatic carbocycles. The number of nitrogens with zero attached hydrogens (tertiary/aromatic N) is 2. The Hall–Kier alpha value is -0.670. The number of hydrogen-bond acceptors (Lipinski definition) is 4. The molecule has 7 heteroatoms. The van der Waals surface area contributed by atoms with Gasteiger partial charge in [0.2, 0.25) is 0 Å². The van der Waals surface area contributed by atoms with E-state index in [0.717, 1.165) is 31.9 Å². The highest BCUT2D eigenvalue weighted by molar-refractivity contribution is 14.0. The van der Waals surface area contributed by atoms with Gasteiger partial charge in [-0.15, -0.1) is 46.7 Å². The van der Waals surface area contributed by atoms with Gasteiger partial charge in [-0.3, -0.25) is 4.99 Å². The molecule has 2 aromatic rings. The summed E-state index contributed by atoms with van der Waals surface area (Å²) in [5, 5.41) is 10.1. The minimum Gasteiger partial charge on any atom is -0.356 e. The molecule has 2 rings (SSSR count). The number of aromatic nitrogens is 1. The van der Waals surface area contributed by atoms with Crippen LogP contribution < -0.4 is 10.6 Å². The lowest BCUT2D eigenvalue weighted by Crippen LogP contribution is -2.43. The van der Waals surface area contributed by atoms with Crippen LogP contribution in [0.25, 0.3) is 0 Å². The van der Waals surface area contributed by atoms with E-state index in [1.54, 1.807) is 22.7 Å². The molecule has 4 nitrogen and oxygen atoms in total. The van der Waals surface area contributed by atoms with Crippen molar-refractivity contribution in [1.82, 2.24) is 15.6 Å². The van der Waals surface area contributed by atoms with E-state index in [-0.39, 0.29) is 29.4 Å². The van der Waals surface area contributed by atoms with Crippen LogP contribution in [0.15, 0.2) is 28.7 Å². The second-order valence-corrected chi connectivity index (χ2v) is 8.19. The molecule has 0 radical (unpaired) electrons. The summed E-state index contributed by atoms with van der Waals surface area (Å²) < 4.78 is 0. The van der Waals surface area contributed by atoms with Gasteiger partial charge in [0.1, 0.15) is 0 Å². The van der Waals surface area contributed by atoms with E-state index in [9.17, 15) is 0 Å². The highest BCUT2D eigenvalue weighted by Gasteiger charge is 2.21. The van der Waals surface area contributed by atoms with Gasteiger partial charge < -0.3 is 10.6 Å². The predicted molar refractivity (Wildman–Crippen MR) is 117 cm³/mol. The molecule has 0 amide bonds. The Morgan fingerprint density at radius 2 is 2.12 bits per heavy atom. The van der Waals surface area contributed by atoms with E-state index in [1.807, 2.05) is 13.2 Å². The molecule has 2 N–H and O–H groups in total. The maximum absolute atomic E-state index is 4.45. The first kappa shape index (κ1) is 21.4. The van der Waals surface area contributed by atoms with Gasteiger partial charge in [-0.25, -0.2) is 4.98 Å². The summed E-state index contributed by atoms with van der Waals surface area (Å²) in [5.74, 6) is 0.849. The van der Waals surface area contributed by atoms with Crippen molar-refractivity contribution >= 4 is 52.6 Å². The summed E-state index contributed by atoms with van der Waals surface area (Å²) in [6, 6.07) is 4.30. The first-order valence-electron chi connectivity index (χ1n) is 7.97. The first-order valence-corrected chi connectivity index (χ1v) is 9.67. The summed E-state index contributed by atoms with van der Waals surface area (Å²) in [6.45, 7) is 8.36. The lowest BCUT2D eigenvalue weighted by atomic mass is 9.91. The van der Waals surface area contributed by atoms with E-state index in [0.29, 0.717) is 0 Å². The Kier molecular flexibility index (Phi) is 9.22. The zero-order chi connectivity index (χ0) is 16.7. The molecule has 0 aliphatic heterocycles. The molecule has 0 bridgehead atoms. The molecular weight excluding hydrogens is 451 g/mol. The predicted octanol–water partition coefficient (Wildman–Crippen LogP) is 4.07. The van der Waals surface area contributed by atoms with Crippen molar-refractivity contribution < 1.29 is 0 Å². The summed E-state index contributed by atoms with van der Waals surface area (Å²) in [4.78, 5) is 11.5. The lowest BCUT2D eigenvalue weighted by molar-refractivity contribution is 0.518. The van der Waals surface area contributed by atoms with Gasteiger partial charge in [-0.05, 0) is 17.9 Å². The SMILES string of the molecule is CCc1cnc(CCNC(=NC)NCC(C)(C)c2cccs2)s1.I. The van der Waals surface area contributed by atoms with Gasteiger partial charge in [0.05, 0.1) is 5.01 Å². The van der Waals surface area contributed by atoms with Crippen LogP contribution in [0.5, 0.6) is 0 Å². The standard InChI is InChI=1S/C17H26N4S2.HI/c1-5-13-11-20-15(23-13)8-9-19-16(18-4)21-12-17(2,3)14-7-6-10-22-14;/h6-7,10-11H,5,8-9,12H2,1-4H3,(H2,18,19,21);1H. The van der Waals surface area contributed by atoms with Crippen LogP contribution in [0.2, 0.25) is 0 Å². The van der Waals surface area contributed by atoms with Crippen molar-refractivity contribution in [3.8, 4) is 0 Å². The van der Waals surface area contributed by atoms with Crippen LogP contribution in [0.3, 0.4) is 0 Å². The van der Waals surface area contributed by atoms with E-state index in [4.69, 9.17) is 0 Å². The highest BCUT2D eigenvalue weighted by Crippen LogP contribution is 2.26. The zero-order valence-corrected chi connectivity index (χ0v) is 18.7. The van der Waals surface area contributed by atoms with Crippen LogP contribution in [0, 0.1) is 0 Å². The Balaban J connectivity index is 0.00000288. The Labute approximate surface area is 170 Å². The smallest absolute Gasteiger partial charge is 0.191 e. The van der Waals surface area contributed by atoms with Crippen LogP contribution in [0.1, 0.15) is 35.5 Å². The second-order valence-electron chi connectivity index (χ2n) is 6.04. The van der Waals surface area contributed by atoms with E-state index in [1.165, 1.54) is 14.8 Å². The maximum Gasteiger partial charge on any atom is 0.191 e. The highest BCUT2D eigenvalue weighted by atomic mass is 127. The Bertz CT molecular complexity index is 620. The van der Waals surface area contributed by atoms with Crippen molar-refractivity contribution in [2.75, 3.05) is 20.1 Å². The average Bonchev–Trinajstić information content (AvgIpc) is 3.22. The molecule has 24 heavy (non-hydrogen) atoms. The van der Waals surface area contributed by atoms with Gasteiger partial charge in [0.25, 0.3) is 0 Å². The van der Waals surface area contributed by atoms with Crippen LogP contribution in [0.4, 0.5) is 0 Å². The number of nitrogens with one attached hydrogen (secondary N) is 2. The molecule has 0 fully saturated rings. The molecule has 2 heterocycles. The van der Waals surface area contributed by atoms with E-state index in [2.05, 4.69) is 58.9 Å². The number of thiazole rings is 1. The van der Waals surface area contributed by atoms with Crippen molar-refractivity contribution in [3.05, 3.63) is 38.5 Å². The van der Waals surface area contributed by atoms with Crippen molar-refractivity contribution in [3.63, 3.8) is 0 Å². The third-order valence-corrected chi connectivity index (χ3v) is 6.13. The lowest BCUT2D eigenvalue weighted by Gasteiger charge is -2.25. The third-order valence-electron chi connectivity index (χ3n) is 3.69. The van der Waals surface area contributed by atoms with Gasteiger partial charge in [0.15, 0.2) is 5.96 Å². The number of aryl methyl sites for hydroxylation is 1. The largest absolute Gasteiger partial charge is 0.356 e. The molecule has 0 saturated heterocycles. The topological polar surface area (TPSA) is 49.3 Å². The van der Waals surface area contributed by atoms with Crippen LogP contribution >= 0.6 is 46.7 Å². The summed E-state index contributed by atoms with van der Waals surface area (Å²) in [6.07, 6.45) is 3.97. The number of halogens is 1. The Morgan fingerprint density at radius 3 is 2.71 bits per heavy atom. The molecule has 0 unspecified atom stereocenters. The fraction of sp³-hybridized carbons (Fsp3) is 0.529. The normalized spacial score (nSPS) is 11.9. The first-order chi connectivity index (χ1) is 11.0. The van der Waals surface area contributed by atoms with Gasteiger partial charge in [-0.2, -0.15) is 0 Å².